The van der Waals surface area contributed by atoms with Crippen LogP contribution in [0.5, 0.6) is 0 Å². The molecule has 4 aromatic heterocycles. The summed E-state index contributed by atoms with van der Waals surface area (Å²) >= 11 is 7.89. The van der Waals surface area contributed by atoms with Gasteiger partial charge in [-0.15, -0.1) is 34.0 Å². The Labute approximate surface area is 153 Å². The Morgan fingerprint density at radius 1 is 0.696 bits per heavy atom. The standard InChI is InChI=1S/C17H10OS5/c18-17-22-15-13(7-5-11-3-1-9-19-11)21-14(16(15)23-17)8-6-12-4-2-10-20-12/h1-10H/b7-5+,8-6+. The molecule has 1 nitrogen and oxygen atoms in total. The van der Waals surface area contributed by atoms with Crippen molar-refractivity contribution in [2.45, 2.75) is 0 Å². The molecule has 0 saturated carbocycles. The molecule has 0 aliphatic rings. The van der Waals surface area contributed by atoms with Gasteiger partial charge in [-0.25, -0.2) is 0 Å². The van der Waals surface area contributed by atoms with Crippen LogP contribution in [-0.4, -0.2) is 0 Å². The zero-order valence-corrected chi connectivity index (χ0v) is 15.8. The minimum absolute atomic E-state index is 0.166. The normalized spacial score (nSPS) is 12.2. The van der Waals surface area contributed by atoms with Gasteiger partial charge in [-0.1, -0.05) is 34.8 Å². The smallest absolute Gasteiger partial charge is 0.265 e. The van der Waals surface area contributed by atoms with E-state index in [0.717, 1.165) is 9.40 Å². The zero-order valence-electron chi connectivity index (χ0n) is 11.7. The third-order valence-electron chi connectivity index (χ3n) is 3.13. The molecule has 6 heteroatoms. The second-order valence-corrected chi connectivity index (χ2v) is 9.91. The van der Waals surface area contributed by atoms with Crippen LogP contribution in [0.3, 0.4) is 0 Å². The molecule has 0 spiro atoms. The Morgan fingerprint density at radius 2 is 1.22 bits per heavy atom. The molecular formula is C17H10OS5. The number of fused-ring (bicyclic) bond motifs is 1. The zero-order chi connectivity index (χ0) is 15.6. The number of hydrogen-bond donors (Lipinski definition) is 0. The minimum Gasteiger partial charge on any atom is -0.265 e. The summed E-state index contributed by atoms with van der Waals surface area (Å²) < 4.78 is 2.40. The molecule has 0 aromatic carbocycles. The Balaban J connectivity index is 1.75. The summed E-state index contributed by atoms with van der Waals surface area (Å²) in [4.78, 5) is 16.6. The number of rotatable bonds is 4. The first-order chi connectivity index (χ1) is 11.3. The average molecular weight is 391 g/mol. The third kappa shape index (κ3) is 3.32. The van der Waals surface area contributed by atoms with Crippen molar-refractivity contribution in [2.75, 3.05) is 0 Å². The quantitative estimate of drug-likeness (QED) is 0.372. The van der Waals surface area contributed by atoms with Gasteiger partial charge in [-0.2, -0.15) is 0 Å². The van der Waals surface area contributed by atoms with E-state index in [1.807, 2.05) is 12.1 Å². The fourth-order valence-corrected chi connectivity index (χ4v) is 6.88. The molecule has 0 saturated heterocycles. The summed E-state index contributed by atoms with van der Waals surface area (Å²) in [5.41, 5.74) is 0. The topological polar surface area (TPSA) is 17.1 Å². The van der Waals surface area contributed by atoms with Gasteiger partial charge in [-0.05, 0) is 47.2 Å². The third-order valence-corrected chi connectivity index (χ3v) is 8.40. The Morgan fingerprint density at radius 3 is 1.65 bits per heavy atom. The molecule has 4 aromatic rings. The van der Waals surface area contributed by atoms with Crippen LogP contribution in [0.15, 0.2) is 39.8 Å². The van der Waals surface area contributed by atoms with Crippen LogP contribution >= 0.6 is 56.7 Å². The van der Waals surface area contributed by atoms with E-state index in [1.165, 1.54) is 42.2 Å². The number of thiophene rings is 3. The number of hydrogen-bond acceptors (Lipinski definition) is 6. The Kier molecular flexibility index (Phi) is 4.41. The first-order valence-electron chi connectivity index (χ1n) is 6.79. The van der Waals surface area contributed by atoms with E-state index in [4.69, 9.17) is 0 Å². The highest BCUT2D eigenvalue weighted by atomic mass is 32.2. The van der Waals surface area contributed by atoms with Gasteiger partial charge in [0.25, 0.3) is 4.06 Å². The second-order valence-electron chi connectivity index (χ2n) is 4.64. The highest BCUT2D eigenvalue weighted by Gasteiger charge is 2.12. The van der Waals surface area contributed by atoms with Crippen LogP contribution in [0.2, 0.25) is 0 Å². The largest absolute Gasteiger partial charge is 0.288 e. The predicted molar refractivity (Wildman–Crippen MR) is 110 cm³/mol. The van der Waals surface area contributed by atoms with Gasteiger partial charge in [0.05, 0.1) is 9.40 Å². The lowest BCUT2D eigenvalue weighted by Gasteiger charge is -1.86. The van der Waals surface area contributed by atoms with E-state index in [-0.39, 0.29) is 4.06 Å². The van der Waals surface area contributed by atoms with E-state index in [9.17, 15) is 4.79 Å². The lowest BCUT2D eigenvalue weighted by atomic mass is 10.3. The minimum atomic E-state index is 0.166. The van der Waals surface area contributed by atoms with Crippen molar-refractivity contribution < 1.29 is 0 Å². The maximum Gasteiger partial charge on any atom is 0.288 e. The highest BCUT2D eigenvalue weighted by Crippen LogP contribution is 2.38. The molecule has 4 heterocycles. The summed E-state index contributed by atoms with van der Waals surface area (Å²) in [5.74, 6) is 0. The van der Waals surface area contributed by atoms with Crippen molar-refractivity contribution in [3.05, 3.63) is 63.4 Å². The molecule has 0 aliphatic carbocycles. The van der Waals surface area contributed by atoms with Crippen molar-refractivity contribution >= 4 is 90.4 Å². The SMILES string of the molecule is O=c1sc2c(/C=C/c3cccs3)sc(/C=C/c3cccs3)c2s1. The van der Waals surface area contributed by atoms with Crippen LogP contribution in [0, 0.1) is 0 Å². The van der Waals surface area contributed by atoms with Crippen molar-refractivity contribution in [1.82, 2.24) is 0 Å². The molecule has 4 rings (SSSR count). The van der Waals surface area contributed by atoms with Crippen molar-refractivity contribution in [3.63, 3.8) is 0 Å². The lowest BCUT2D eigenvalue weighted by molar-refractivity contribution is 1.96. The van der Waals surface area contributed by atoms with Crippen LogP contribution in [0.1, 0.15) is 19.5 Å². The van der Waals surface area contributed by atoms with Gasteiger partial charge in [-0.3, -0.25) is 4.79 Å². The van der Waals surface area contributed by atoms with E-state index >= 15 is 0 Å². The summed E-state index contributed by atoms with van der Waals surface area (Å²) in [5, 5.41) is 4.14. The summed E-state index contributed by atoms with van der Waals surface area (Å²) in [6.07, 6.45) is 8.50. The fourth-order valence-electron chi connectivity index (χ4n) is 2.12. The van der Waals surface area contributed by atoms with Gasteiger partial charge >= 0.3 is 0 Å². The molecule has 0 unspecified atom stereocenters. The maximum atomic E-state index is 11.8. The van der Waals surface area contributed by atoms with Crippen molar-refractivity contribution in [3.8, 4) is 0 Å². The van der Waals surface area contributed by atoms with Crippen LogP contribution in [0.4, 0.5) is 0 Å². The molecule has 0 fully saturated rings. The summed E-state index contributed by atoms with van der Waals surface area (Å²) in [6, 6.07) is 8.29. The molecule has 0 bridgehead atoms. The van der Waals surface area contributed by atoms with Gasteiger partial charge in [0.15, 0.2) is 0 Å². The fraction of sp³-hybridized carbons (Fsp3) is 0. The van der Waals surface area contributed by atoms with Gasteiger partial charge < -0.3 is 0 Å². The monoisotopic (exact) mass is 390 g/mol. The Hall–Kier alpha value is -1.31. The van der Waals surface area contributed by atoms with Crippen LogP contribution in [-0.2, 0) is 0 Å². The molecule has 0 N–H and O–H groups in total. The first-order valence-corrected chi connectivity index (χ1v) is 11.0. The Bertz CT molecular complexity index is 943. The first kappa shape index (κ1) is 15.2. The van der Waals surface area contributed by atoms with Gasteiger partial charge in [0.1, 0.15) is 0 Å². The van der Waals surface area contributed by atoms with Gasteiger partial charge in [0, 0.05) is 19.5 Å². The average Bonchev–Trinajstić information content (AvgIpc) is 3.30. The van der Waals surface area contributed by atoms with E-state index < -0.39 is 0 Å². The second kappa shape index (κ2) is 6.67. The van der Waals surface area contributed by atoms with Crippen LogP contribution < -0.4 is 4.06 Å². The molecule has 114 valence electrons. The highest BCUT2D eigenvalue weighted by molar-refractivity contribution is 7.39. The van der Waals surface area contributed by atoms with E-state index in [2.05, 4.69) is 47.2 Å². The van der Waals surface area contributed by atoms with Gasteiger partial charge in [0.2, 0.25) is 0 Å². The van der Waals surface area contributed by atoms with E-state index in [1.54, 1.807) is 34.0 Å². The summed E-state index contributed by atoms with van der Waals surface area (Å²) in [6.45, 7) is 0. The molecule has 0 amide bonds. The van der Waals surface area contributed by atoms with Crippen LogP contribution in [0.25, 0.3) is 33.7 Å². The van der Waals surface area contributed by atoms with E-state index in [0.29, 0.717) is 0 Å². The molecule has 23 heavy (non-hydrogen) atoms. The van der Waals surface area contributed by atoms with Crippen molar-refractivity contribution in [1.29, 1.82) is 0 Å². The maximum absolute atomic E-state index is 11.8. The van der Waals surface area contributed by atoms with Crippen molar-refractivity contribution in [2.24, 2.45) is 0 Å². The molecule has 0 radical (unpaired) electrons. The molecule has 0 aliphatic heterocycles. The molecular weight excluding hydrogens is 381 g/mol. The predicted octanol–water partition coefficient (Wildman–Crippen LogP) is 6.85. The summed E-state index contributed by atoms with van der Waals surface area (Å²) in [7, 11) is 0. The molecule has 0 atom stereocenters. The lowest BCUT2D eigenvalue weighted by Crippen LogP contribution is -1.74.